The number of rotatable bonds is 1. The molecule has 1 unspecified atom stereocenters. The fourth-order valence-electron chi connectivity index (χ4n) is 3.55. The quantitative estimate of drug-likeness (QED) is 0.613. The van der Waals surface area contributed by atoms with Gasteiger partial charge in [-0.25, -0.2) is 4.79 Å². The number of nitrogens with one attached hydrogen (secondary N) is 2. The second kappa shape index (κ2) is 8.42. The summed E-state index contributed by atoms with van der Waals surface area (Å²) in [6, 6.07) is -0.705. The van der Waals surface area contributed by atoms with E-state index in [0.29, 0.717) is 18.8 Å². The van der Waals surface area contributed by atoms with E-state index in [1.54, 1.807) is 0 Å². The third-order valence-corrected chi connectivity index (χ3v) is 5.69. The highest BCUT2D eigenvalue weighted by Gasteiger charge is 2.48. The van der Waals surface area contributed by atoms with Crippen LogP contribution in [0.4, 0.5) is 9.59 Å². The average molecular weight is 370 g/mol. The van der Waals surface area contributed by atoms with E-state index in [1.807, 2.05) is 0 Å². The molecule has 2 bridgehead atoms. The molecular weight excluding hydrogens is 344 g/mol. The molecule has 3 heterocycles. The molecule has 2 amide bonds. The molecule has 140 valence electrons. The van der Waals surface area contributed by atoms with Crippen LogP contribution < -0.4 is 10.6 Å². The Morgan fingerprint density at radius 3 is 2.76 bits per heavy atom. The highest BCUT2D eigenvalue weighted by atomic mass is 32.2. The number of carbonyl (C=O) groups is 2. The summed E-state index contributed by atoms with van der Waals surface area (Å²) in [4.78, 5) is 23.5. The smallest absolute Gasteiger partial charge is 0.407 e. The fourth-order valence-corrected chi connectivity index (χ4v) is 4.44. The van der Waals surface area contributed by atoms with Gasteiger partial charge in [-0.2, -0.15) is 0 Å². The molecule has 25 heavy (non-hydrogen) atoms. The maximum atomic E-state index is 12.0. The maximum Gasteiger partial charge on any atom is 0.407 e. The van der Waals surface area contributed by atoms with Gasteiger partial charge in [-0.05, 0) is 38.5 Å². The van der Waals surface area contributed by atoms with Gasteiger partial charge in [-0.1, -0.05) is 23.9 Å². The highest BCUT2D eigenvalue weighted by molar-refractivity contribution is 8.14. The second-order valence-corrected chi connectivity index (χ2v) is 7.83. The molecule has 8 heteroatoms. The number of alkyl carbamates (subject to hydrolysis) is 1. The molecule has 3 aliphatic rings. The van der Waals surface area contributed by atoms with Crippen molar-refractivity contribution in [1.29, 1.82) is 0 Å². The lowest BCUT2D eigenvalue weighted by molar-refractivity contribution is -0.269. The lowest BCUT2D eigenvalue weighted by atomic mass is 9.90. The van der Waals surface area contributed by atoms with Gasteiger partial charge in [0.25, 0.3) is 5.24 Å². The summed E-state index contributed by atoms with van der Waals surface area (Å²) < 4.78 is 11.2. The van der Waals surface area contributed by atoms with Gasteiger partial charge in [-0.3, -0.25) is 4.79 Å². The van der Waals surface area contributed by atoms with E-state index in [9.17, 15) is 14.7 Å². The Morgan fingerprint density at radius 1 is 1.20 bits per heavy atom. The van der Waals surface area contributed by atoms with E-state index in [4.69, 9.17) is 9.47 Å². The minimum atomic E-state index is -1.47. The molecule has 3 aliphatic heterocycles. The Balaban J connectivity index is 1.70. The molecule has 0 spiro atoms. The van der Waals surface area contributed by atoms with Crippen molar-refractivity contribution in [2.45, 2.75) is 68.9 Å². The zero-order valence-electron chi connectivity index (χ0n) is 14.2. The summed E-state index contributed by atoms with van der Waals surface area (Å²) in [5, 5.41) is 16.5. The second-order valence-electron chi connectivity index (χ2n) is 6.84. The number of cyclic esters (lactones) is 1. The number of carbonyl (C=O) groups excluding carboxylic acids is 2. The number of hydrogen-bond acceptors (Lipinski definition) is 6. The van der Waals surface area contributed by atoms with E-state index >= 15 is 0 Å². The van der Waals surface area contributed by atoms with Crippen molar-refractivity contribution in [2.24, 2.45) is 0 Å². The number of ether oxygens (including phenoxy) is 2. The Morgan fingerprint density at radius 2 is 2.00 bits per heavy atom. The van der Waals surface area contributed by atoms with Crippen LogP contribution in [-0.4, -0.2) is 52.8 Å². The Hall–Kier alpha value is -1.25. The summed E-state index contributed by atoms with van der Waals surface area (Å²) >= 11 is 1.14. The monoisotopic (exact) mass is 370 g/mol. The van der Waals surface area contributed by atoms with Gasteiger partial charge < -0.3 is 25.2 Å². The molecular formula is C17H26N2O5S. The minimum absolute atomic E-state index is 0.152. The van der Waals surface area contributed by atoms with Crippen LogP contribution in [0.15, 0.2) is 12.2 Å². The van der Waals surface area contributed by atoms with Crippen molar-refractivity contribution < 1.29 is 24.2 Å². The van der Waals surface area contributed by atoms with Crippen molar-refractivity contribution in [3.8, 4) is 0 Å². The van der Waals surface area contributed by atoms with Gasteiger partial charge in [0.05, 0.1) is 18.8 Å². The summed E-state index contributed by atoms with van der Waals surface area (Å²) in [7, 11) is 0. The molecule has 7 nitrogen and oxygen atoms in total. The lowest BCUT2D eigenvalue weighted by Gasteiger charge is -2.44. The number of aliphatic hydroxyl groups is 1. The van der Waals surface area contributed by atoms with E-state index in [0.717, 1.165) is 43.9 Å². The largest absolute Gasteiger partial charge is 0.450 e. The van der Waals surface area contributed by atoms with Crippen molar-refractivity contribution >= 4 is 23.1 Å². The molecule has 0 aromatic carbocycles. The SMILES string of the molecule is O=C1N[C@@H]2CC(CCCC=CCCCO1)O[C@@](O)([C@@H]1CSC(=O)N1)C2. The summed E-state index contributed by atoms with van der Waals surface area (Å²) in [5.74, 6) is -1.01. The Kier molecular flexibility index (Phi) is 6.24. The Labute approximate surface area is 151 Å². The van der Waals surface area contributed by atoms with Crippen LogP contribution in [0.5, 0.6) is 0 Å². The van der Waals surface area contributed by atoms with Crippen molar-refractivity contribution in [1.82, 2.24) is 10.6 Å². The van der Waals surface area contributed by atoms with E-state index < -0.39 is 17.9 Å². The molecule has 3 N–H and O–H groups in total. The zero-order chi connectivity index (χ0) is 17.7. The predicted molar refractivity (Wildman–Crippen MR) is 94.3 cm³/mol. The number of allylic oxidation sites excluding steroid dienone is 2. The predicted octanol–water partition coefficient (Wildman–Crippen LogP) is 2.29. The molecule has 0 aromatic heterocycles. The number of thioether (sulfide) groups is 1. The fraction of sp³-hybridized carbons (Fsp3) is 0.765. The molecule has 0 radical (unpaired) electrons. The first-order valence-corrected chi connectivity index (χ1v) is 9.95. The first kappa shape index (κ1) is 18.5. The van der Waals surface area contributed by atoms with Crippen LogP contribution >= 0.6 is 11.8 Å². The van der Waals surface area contributed by atoms with Crippen LogP contribution in [-0.2, 0) is 9.47 Å². The summed E-state index contributed by atoms with van der Waals surface area (Å²) in [6.45, 7) is 0.377. The lowest BCUT2D eigenvalue weighted by Crippen LogP contribution is -2.60. The third kappa shape index (κ3) is 5.12. The average Bonchev–Trinajstić information content (AvgIpc) is 2.99. The summed E-state index contributed by atoms with van der Waals surface area (Å²) in [6.07, 6.45) is 8.93. The minimum Gasteiger partial charge on any atom is -0.450 e. The van der Waals surface area contributed by atoms with Crippen LogP contribution in [0, 0.1) is 0 Å². The highest BCUT2D eigenvalue weighted by Crippen LogP contribution is 2.35. The van der Waals surface area contributed by atoms with Crippen molar-refractivity contribution in [2.75, 3.05) is 12.4 Å². The molecule has 2 fully saturated rings. The van der Waals surface area contributed by atoms with Crippen molar-refractivity contribution in [3.05, 3.63) is 12.2 Å². The summed E-state index contributed by atoms with van der Waals surface area (Å²) in [5.41, 5.74) is 0. The Bertz CT molecular complexity index is 529. The zero-order valence-corrected chi connectivity index (χ0v) is 15.1. The first-order chi connectivity index (χ1) is 12.0. The molecule has 2 saturated heterocycles. The molecule has 4 atom stereocenters. The molecule has 3 rings (SSSR count). The van der Waals surface area contributed by atoms with Crippen LogP contribution in [0.3, 0.4) is 0 Å². The van der Waals surface area contributed by atoms with Crippen LogP contribution in [0.2, 0.25) is 0 Å². The van der Waals surface area contributed by atoms with Gasteiger partial charge in [0.1, 0.15) is 0 Å². The number of fused-ring (bicyclic) bond motifs is 2. The van der Waals surface area contributed by atoms with Gasteiger partial charge in [-0.15, -0.1) is 0 Å². The van der Waals surface area contributed by atoms with Gasteiger partial charge in [0.2, 0.25) is 0 Å². The third-order valence-electron chi connectivity index (χ3n) is 4.81. The molecule has 0 aliphatic carbocycles. The van der Waals surface area contributed by atoms with Crippen LogP contribution in [0.25, 0.3) is 0 Å². The number of amides is 2. The van der Waals surface area contributed by atoms with Crippen molar-refractivity contribution in [3.63, 3.8) is 0 Å². The number of hydrogen-bond donors (Lipinski definition) is 3. The van der Waals surface area contributed by atoms with E-state index in [-0.39, 0.29) is 23.8 Å². The molecule has 0 aromatic rings. The van der Waals surface area contributed by atoms with Gasteiger partial charge in [0, 0.05) is 18.2 Å². The molecule has 0 saturated carbocycles. The maximum absolute atomic E-state index is 12.0. The van der Waals surface area contributed by atoms with E-state index in [2.05, 4.69) is 22.8 Å². The standard InChI is InChI=1S/C17H26N2O5S/c20-15-18-12-9-13(7-5-3-1-2-4-6-8-23-15)24-17(22,10-12)14-11-25-16(21)19-14/h1-2,12-14,22H,3-11H2,(H,18,20)(H,19,21)/t12-,13?,14+,17-/m1/s1. The van der Waals surface area contributed by atoms with Crippen LogP contribution in [0.1, 0.15) is 44.9 Å². The van der Waals surface area contributed by atoms with E-state index in [1.165, 1.54) is 0 Å². The van der Waals surface area contributed by atoms with Gasteiger partial charge >= 0.3 is 6.09 Å². The van der Waals surface area contributed by atoms with Gasteiger partial charge in [0.15, 0.2) is 5.79 Å². The topological polar surface area (TPSA) is 96.9 Å². The first-order valence-electron chi connectivity index (χ1n) is 8.97. The normalized spacial score (nSPS) is 37.6.